The Bertz CT molecular complexity index is 681. The van der Waals surface area contributed by atoms with Crippen LogP contribution in [0.15, 0.2) is 53.8 Å². The van der Waals surface area contributed by atoms with Crippen LogP contribution >= 0.6 is 35.6 Å². The molecule has 1 aromatic carbocycles. The summed E-state index contributed by atoms with van der Waals surface area (Å²) < 4.78 is 0. The Balaban J connectivity index is 0.00000288. The van der Waals surface area contributed by atoms with Crippen molar-refractivity contribution in [3.8, 4) is 0 Å². The van der Waals surface area contributed by atoms with Crippen molar-refractivity contribution in [1.29, 1.82) is 0 Å². The molecule has 0 radical (unpaired) electrons. The van der Waals surface area contributed by atoms with Crippen molar-refractivity contribution in [2.45, 2.75) is 6.54 Å². The highest BCUT2D eigenvalue weighted by atomic mass is 127. The minimum absolute atomic E-state index is 0. The van der Waals surface area contributed by atoms with Crippen LogP contribution in [0.3, 0.4) is 0 Å². The minimum Gasteiger partial charge on any atom is -0.352 e. The Morgan fingerprint density at radius 2 is 2.00 bits per heavy atom. The highest BCUT2D eigenvalue weighted by Gasteiger charge is 2.05. The molecule has 1 amide bonds. The van der Waals surface area contributed by atoms with Crippen molar-refractivity contribution in [2.24, 2.45) is 4.99 Å². The number of guanidine groups is 1. The summed E-state index contributed by atoms with van der Waals surface area (Å²) in [4.78, 5) is 19.9. The molecule has 0 atom stereocenters. The number of rotatable bonds is 5. The number of halogens is 2. The van der Waals surface area contributed by atoms with Gasteiger partial charge in [-0.2, -0.15) is 0 Å². The van der Waals surface area contributed by atoms with Gasteiger partial charge in [0.2, 0.25) is 5.91 Å². The molecule has 0 saturated heterocycles. The molecule has 2 aromatic rings. The fraction of sp³-hybridized carbons (Fsp3) is 0.188. The molecule has 0 aliphatic heterocycles. The smallest absolute Gasteiger partial charge is 0.243 e. The highest BCUT2D eigenvalue weighted by molar-refractivity contribution is 14.0. The zero-order valence-electron chi connectivity index (χ0n) is 13.1. The third-order valence-corrected chi connectivity index (χ3v) is 3.36. The molecule has 0 spiro atoms. The van der Waals surface area contributed by atoms with Crippen LogP contribution in [-0.4, -0.2) is 30.4 Å². The fourth-order valence-corrected chi connectivity index (χ4v) is 2.05. The van der Waals surface area contributed by atoms with Gasteiger partial charge in [-0.25, -0.2) is 0 Å². The summed E-state index contributed by atoms with van der Waals surface area (Å²) in [6.45, 7) is 0.612. The van der Waals surface area contributed by atoms with Crippen molar-refractivity contribution in [1.82, 2.24) is 15.6 Å². The van der Waals surface area contributed by atoms with Gasteiger partial charge < -0.3 is 16.0 Å². The number of anilines is 1. The first-order valence-electron chi connectivity index (χ1n) is 7.07. The Hall–Kier alpha value is -1.87. The van der Waals surface area contributed by atoms with E-state index < -0.39 is 0 Å². The highest BCUT2D eigenvalue weighted by Crippen LogP contribution is 2.14. The van der Waals surface area contributed by atoms with Gasteiger partial charge in [-0.05, 0) is 23.8 Å². The average Bonchev–Trinajstić information content (AvgIpc) is 2.57. The summed E-state index contributed by atoms with van der Waals surface area (Å²) in [7, 11) is 1.64. The molecule has 8 heteroatoms. The average molecular weight is 460 g/mol. The van der Waals surface area contributed by atoms with E-state index in [1.807, 2.05) is 24.3 Å². The van der Waals surface area contributed by atoms with Gasteiger partial charge in [0.1, 0.15) is 0 Å². The number of hydrogen-bond donors (Lipinski definition) is 3. The molecular weight excluding hydrogens is 441 g/mol. The Labute approximate surface area is 163 Å². The Morgan fingerprint density at radius 3 is 2.67 bits per heavy atom. The van der Waals surface area contributed by atoms with E-state index in [-0.39, 0.29) is 36.4 Å². The number of benzene rings is 1. The van der Waals surface area contributed by atoms with Crippen molar-refractivity contribution < 1.29 is 4.79 Å². The Kier molecular flexibility index (Phi) is 9.10. The molecule has 2 rings (SSSR count). The predicted molar refractivity (Wildman–Crippen MR) is 108 cm³/mol. The van der Waals surface area contributed by atoms with Gasteiger partial charge in [0.15, 0.2) is 5.96 Å². The maximum atomic E-state index is 11.9. The third kappa shape index (κ3) is 6.71. The summed E-state index contributed by atoms with van der Waals surface area (Å²) in [6, 6.07) is 11.1. The number of hydrogen-bond acceptors (Lipinski definition) is 3. The molecular formula is C16H19ClIN5O. The SMILES string of the molecule is CN=C(NCC(=O)Nc1cccnc1)NCc1ccccc1Cl.I. The molecule has 0 aliphatic carbocycles. The van der Waals surface area contributed by atoms with Crippen LogP contribution < -0.4 is 16.0 Å². The standard InChI is InChI=1S/C16H18ClN5O.HI/c1-18-16(20-9-12-5-2-3-7-14(12)17)21-11-15(23)22-13-6-4-8-19-10-13;/h2-8,10H,9,11H2,1H3,(H,22,23)(H2,18,20,21);1H. The summed E-state index contributed by atoms with van der Waals surface area (Å²) >= 11 is 6.10. The molecule has 1 aromatic heterocycles. The summed E-state index contributed by atoms with van der Waals surface area (Å²) in [5, 5.41) is 9.47. The van der Waals surface area contributed by atoms with Crippen LogP contribution in [0.5, 0.6) is 0 Å². The quantitative estimate of drug-likeness (QED) is 0.365. The van der Waals surface area contributed by atoms with E-state index in [0.717, 1.165) is 5.56 Å². The van der Waals surface area contributed by atoms with Crippen LogP contribution in [0.2, 0.25) is 5.02 Å². The van der Waals surface area contributed by atoms with Crippen LogP contribution in [-0.2, 0) is 11.3 Å². The van der Waals surface area contributed by atoms with E-state index in [2.05, 4.69) is 25.9 Å². The summed E-state index contributed by atoms with van der Waals surface area (Å²) in [5.74, 6) is 0.338. The lowest BCUT2D eigenvalue weighted by molar-refractivity contribution is -0.115. The normalized spacial score (nSPS) is 10.5. The van der Waals surface area contributed by atoms with Crippen molar-refractivity contribution in [2.75, 3.05) is 18.9 Å². The summed E-state index contributed by atoms with van der Waals surface area (Å²) in [5.41, 5.74) is 1.61. The van der Waals surface area contributed by atoms with Gasteiger partial charge in [0, 0.05) is 24.8 Å². The van der Waals surface area contributed by atoms with E-state index in [1.54, 1.807) is 31.6 Å². The lowest BCUT2D eigenvalue weighted by atomic mass is 10.2. The number of amides is 1. The van der Waals surface area contributed by atoms with Crippen LogP contribution in [0.4, 0.5) is 5.69 Å². The number of nitrogens with one attached hydrogen (secondary N) is 3. The number of carbonyl (C=O) groups excluding carboxylic acids is 1. The molecule has 0 fully saturated rings. The second-order valence-electron chi connectivity index (χ2n) is 4.66. The van der Waals surface area contributed by atoms with E-state index in [4.69, 9.17) is 11.6 Å². The van der Waals surface area contributed by atoms with E-state index in [1.165, 1.54) is 0 Å². The van der Waals surface area contributed by atoms with Gasteiger partial charge in [-0.1, -0.05) is 29.8 Å². The first-order chi connectivity index (χ1) is 11.2. The molecule has 0 unspecified atom stereocenters. The van der Waals surface area contributed by atoms with Crippen LogP contribution in [0, 0.1) is 0 Å². The Morgan fingerprint density at radius 1 is 1.21 bits per heavy atom. The van der Waals surface area contributed by atoms with Crippen molar-refractivity contribution in [3.63, 3.8) is 0 Å². The van der Waals surface area contributed by atoms with Gasteiger partial charge in [0.25, 0.3) is 0 Å². The fourth-order valence-electron chi connectivity index (χ4n) is 1.85. The second-order valence-corrected chi connectivity index (χ2v) is 5.07. The van der Waals surface area contributed by atoms with Gasteiger partial charge >= 0.3 is 0 Å². The maximum Gasteiger partial charge on any atom is 0.243 e. The van der Waals surface area contributed by atoms with Crippen molar-refractivity contribution >= 4 is 53.1 Å². The van der Waals surface area contributed by atoms with Gasteiger partial charge in [0.05, 0.1) is 18.4 Å². The van der Waals surface area contributed by atoms with E-state index >= 15 is 0 Å². The molecule has 24 heavy (non-hydrogen) atoms. The van der Waals surface area contributed by atoms with E-state index in [0.29, 0.717) is 23.2 Å². The topological polar surface area (TPSA) is 78.4 Å². The monoisotopic (exact) mass is 459 g/mol. The van der Waals surface area contributed by atoms with Gasteiger partial charge in [-0.3, -0.25) is 14.8 Å². The maximum absolute atomic E-state index is 11.9. The number of carbonyl (C=O) groups is 1. The zero-order valence-corrected chi connectivity index (χ0v) is 16.2. The van der Waals surface area contributed by atoms with Crippen LogP contribution in [0.1, 0.15) is 5.56 Å². The molecule has 0 bridgehead atoms. The molecule has 0 aliphatic rings. The minimum atomic E-state index is -0.182. The lowest BCUT2D eigenvalue weighted by Crippen LogP contribution is -2.41. The second kappa shape index (κ2) is 10.8. The predicted octanol–water partition coefficient (Wildman–Crippen LogP) is 2.66. The number of nitrogens with zero attached hydrogens (tertiary/aromatic N) is 2. The van der Waals surface area contributed by atoms with E-state index in [9.17, 15) is 4.79 Å². The number of aromatic nitrogens is 1. The number of pyridine rings is 1. The molecule has 0 saturated carbocycles. The molecule has 128 valence electrons. The molecule has 1 heterocycles. The third-order valence-electron chi connectivity index (χ3n) is 2.99. The molecule has 3 N–H and O–H groups in total. The molecule has 6 nitrogen and oxygen atoms in total. The van der Waals surface area contributed by atoms with Crippen LogP contribution in [0.25, 0.3) is 0 Å². The van der Waals surface area contributed by atoms with Crippen molar-refractivity contribution in [3.05, 3.63) is 59.4 Å². The lowest BCUT2D eigenvalue weighted by Gasteiger charge is -2.12. The largest absolute Gasteiger partial charge is 0.352 e. The van der Waals surface area contributed by atoms with Gasteiger partial charge in [-0.15, -0.1) is 24.0 Å². The summed E-state index contributed by atoms with van der Waals surface area (Å²) in [6.07, 6.45) is 3.23. The number of aliphatic imine (C=N–C) groups is 1. The first kappa shape index (κ1) is 20.2. The first-order valence-corrected chi connectivity index (χ1v) is 7.44. The zero-order chi connectivity index (χ0) is 16.5.